The van der Waals surface area contributed by atoms with E-state index in [9.17, 15) is 4.39 Å². The van der Waals surface area contributed by atoms with Crippen LogP contribution in [0.2, 0.25) is 10.0 Å². The van der Waals surface area contributed by atoms with Crippen molar-refractivity contribution in [3.05, 3.63) is 28.2 Å². The second-order valence-electron chi connectivity index (χ2n) is 1.83. The Labute approximate surface area is 73.7 Å². The van der Waals surface area contributed by atoms with E-state index in [1.807, 2.05) is 0 Å². The minimum absolute atomic E-state index is 0.304. The molecule has 0 fully saturated rings. The van der Waals surface area contributed by atoms with Crippen LogP contribution in [0.25, 0.3) is 0 Å². The van der Waals surface area contributed by atoms with Crippen LogP contribution in [0.3, 0.4) is 0 Å². The Morgan fingerprint density at radius 3 is 2.64 bits per heavy atom. The van der Waals surface area contributed by atoms with Gasteiger partial charge in [-0.15, -0.1) is 0 Å². The van der Waals surface area contributed by atoms with Crippen molar-refractivity contribution in [1.82, 2.24) is 0 Å². The van der Waals surface area contributed by atoms with Gasteiger partial charge in [-0.3, -0.25) is 0 Å². The van der Waals surface area contributed by atoms with E-state index in [0.717, 1.165) is 0 Å². The zero-order valence-corrected chi connectivity index (χ0v) is 6.99. The molecule has 1 rings (SSSR count). The third kappa shape index (κ3) is 2.24. The largest absolute Gasteiger partial charge is 0.461 e. The summed E-state index contributed by atoms with van der Waals surface area (Å²) in [5.41, 5.74) is 0. The summed E-state index contributed by atoms with van der Waals surface area (Å²) in [5.74, 6) is 0.304. The number of halogens is 3. The summed E-state index contributed by atoms with van der Waals surface area (Å²) in [5, 5.41) is 0.816. The molecule has 0 atom stereocenters. The second-order valence-corrected chi connectivity index (χ2v) is 2.67. The first-order valence-electron chi connectivity index (χ1n) is 2.88. The van der Waals surface area contributed by atoms with Crippen LogP contribution >= 0.6 is 23.2 Å². The van der Waals surface area contributed by atoms with Crippen molar-refractivity contribution in [2.75, 3.05) is 6.86 Å². The Morgan fingerprint density at radius 1 is 1.36 bits per heavy atom. The molecule has 0 bridgehead atoms. The lowest BCUT2D eigenvalue weighted by molar-refractivity contribution is 0.192. The fraction of sp³-hybridized carbons (Fsp3) is 0.143. The Morgan fingerprint density at radius 2 is 2.09 bits per heavy atom. The van der Waals surface area contributed by atoms with Crippen LogP contribution in [0, 0.1) is 0 Å². The molecule has 1 aromatic rings. The average molecular weight is 195 g/mol. The summed E-state index contributed by atoms with van der Waals surface area (Å²) in [7, 11) is 0. The average Bonchev–Trinajstić information content (AvgIpc) is 1.95. The first-order chi connectivity index (χ1) is 5.24. The zero-order valence-electron chi connectivity index (χ0n) is 5.48. The summed E-state index contributed by atoms with van der Waals surface area (Å²) in [6, 6.07) is 4.59. The highest BCUT2D eigenvalue weighted by atomic mass is 35.5. The first kappa shape index (κ1) is 8.62. The number of benzene rings is 1. The fourth-order valence-electron chi connectivity index (χ4n) is 0.651. The molecule has 0 aliphatic heterocycles. The van der Waals surface area contributed by atoms with E-state index in [1.165, 1.54) is 12.1 Å². The van der Waals surface area contributed by atoms with Crippen LogP contribution in [0.4, 0.5) is 4.39 Å². The van der Waals surface area contributed by atoms with Gasteiger partial charge in [0.2, 0.25) is 6.86 Å². The normalized spacial score (nSPS) is 9.73. The molecule has 1 aromatic carbocycles. The van der Waals surface area contributed by atoms with Crippen molar-refractivity contribution in [2.24, 2.45) is 0 Å². The van der Waals surface area contributed by atoms with Crippen LogP contribution < -0.4 is 4.74 Å². The van der Waals surface area contributed by atoms with Crippen molar-refractivity contribution in [1.29, 1.82) is 0 Å². The number of hydrogen-bond acceptors (Lipinski definition) is 1. The van der Waals surface area contributed by atoms with Gasteiger partial charge in [0.25, 0.3) is 0 Å². The van der Waals surface area contributed by atoms with Crippen molar-refractivity contribution < 1.29 is 9.13 Å². The number of hydrogen-bond donors (Lipinski definition) is 0. The van der Waals surface area contributed by atoms with Crippen LogP contribution in [0.15, 0.2) is 18.2 Å². The predicted molar refractivity (Wildman–Crippen MR) is 43.1 cm³/mol. The molecule has 0 radical (unpaired) electrons. The van der Waals surface area contributed by atoms with Crippen molar-refractivity contribution in [3.63, 3.8) is 0 Å². The van der Waals surface area contributed by atoms with E-state index in [4.69, 9.17) is 23.2 Å². The van der Waals surface area contributed by atoms with Crippen LogP contribution in [0.5, 0.6) is 5.75 Å². The van der Waals surface area contributed by atoms with E-state index in [-0.39, 0.29) is 0 Å². The summed E-state index contributed by atoms with van der Waals surface area (Å²) >= 11 is 11.2. The van der Waals surface area contributed by atoms with Gasteiger partial charge in [-0.05, 0) is 18.2 Å². The molecule has 0 aliphatic carbocycles. The number of rotatable bonds is 2. The number of ether oxygens (including phenoxy) is 1. The summed E-state index contributed by atoms with van der Waals surface area (Å²) in [6.07, 6.45) is 0. The van der Waals surface area contributed by atoms with E-state index in [0.29, 0.717) is 15.8 Å². The first-order valence-corrected chi connectivity index (χ1v) is 3.63. The van der Waals surface area contributed by atoms with E-state index >= 15 is 0 Å². The molecule has 0 heterocycles. The van der Waals surface area contributed by atoms with Gasteiger partial charge in [0.1, 0.15) is 5.75 Å². The van der Waals surface area contributed by atoms with Crippen molar-refractivity contribution in [2.45, 2.75) is 0 Å². The molecule has 11 heavy (non-hydrogen) atoms. The lowest BCUT2D eigenvalue weighted by Crippen LogP contribution is -1.89. The standard InChI is InChI=1S/C7H5Cl2FO/c8-5-1-2-7(11-4-10)6(9)3-5/h1-3H,4H2. The van der Waals surface area contributed by atoms with Gasteiger partial charge in [0.15, 0.2) is 0 Å². The molecular formula is C7H5Cl2FO. The highest BCUT2D eigenvalue weighted by Crippen LogP contribution is 2.27. The number of alkyl halides is 1. The SMILES string of the molecule is FCOc1ccc(Cl)cc1Cl. The van der Waals surface area contributed by atoms with Crippen molar-refractivity contribution >= 4 is 23.2 Å². The third-order valence-electron chi connectivity index (χ3n) is 1.10. The van der Waals surface area contributed by atoms with Gasteiger partial charge >= 0.3 is 0 Å². The molecule has 0 saturated heterocycles. The van der Waals surface area contributed by atoms with Crippen molar-refractivity contribution in [3.8, 4) is 5.75 Å². The van der Waals surface area contributed by atoms with Crippen LogP contribution in [-0.2, 0) is 0 Å². The molecule has 0 aromatic heterocycles. The zero-order chi connectivity index (χ0) is 8.27. The van der Waals surface area contributed by atoms with E-state index < -0.39 is 6.86 Å². The topological polar surface area (TPSA) is 9.23 Å². The molecule has 0 amide bonds. The molecule has 0 unspecified atom stereocenters. The smallest absolute Gasteiger partial charge is 0.228 e. The molecule has 0 spiro atoms. The lowest BCUT2D eigenvalue weighted by atomic mass is 10.3. The summed E-state index contributed by atoms with van der Waals surface area (Å²) in [6.45, 7) is -0.888. The van der Waals surface area contributed by atoms with Gasteiger partial charge in [-0.2, -0.15) is 0 Å². The molecular weight excluding hydrogens is 190 g/mol. The Balaban J connectivity index is 2.90. The van der Waals surface area contributed by atoms with Gasteiger partial charge in [-0.25, -0.2) is 4.39 Å². The van der Waals surface area contributed by atoms with Crippen LogP contribution in [-0.4, -0.2) is 6.86 Å². The highest BCUT2D eigenvalue weighted by molar-refractivity contribution is 6.35. The quantitative estimate of drug-likeness (QED) is 0.703. The molecule has 0 N–H and O–H groups in total. The maximum Gasteiger partial charge on any atom is 0.228 e. The van der Waals surface area contributed by atoms with Gasteiger partial charge in [-0.1, -0.05) is 23.2 Å². The predicted octanol–water partition coefficient (Wildman–Crippen LogP) is 3.30. The van der Waals surface area contributed by atoms with Crippen LogP contribution in [0.1, 0.15) is 0 Å². The molecule has 0 aliphatic rings. The summed E-state index contributed by atoms with van der Waals surface area (Å²) < 4.78 is 16.2. The Bertz CT molecular complexity index is 252. The maximum atomic E-state index is 11.6. The minimum atomic E-state index is -0.888. The molecule has 4 heteroatoms. The van der Waals surface area contributed by atoms with Gasteiger partial charge < -0.3 is 4.74 Å². The fourth-order valence-corrected chi connectivity index (χ4v) is 1.11. The van der Waals surface area contributed by atoms with E-state index in [1.54, 1.807) is 6.07 Å². The Kier molecular flexibility index (Phi) is 2.97. The highest BCUT2D eigenvalue weighted by Gasteiger charge is 2.00. The molecule has 0 saturated carbocycles. The van der Waals surface area contributed by atoms with E-state index in [2.05, 4.69) is 4.74 Å². The lowest BCUT2D eigenvalue weighted by Gasteiger charge is -2.02. The molecule has 60 valence electrons. The second kappa shape index (κ2) is 3.79. The minimum Gasteiger partial charge on any atom is -0.461 e. The van der Waals surface area contributed by atoms with Gasteiger partial charge in [0.05, 0.1) is 5.02 Å². The maximum absolute atomic E-state index is 11.6. The summed E-state index contributed by atoms with van der Waals surface area (Å²) in [4.78, 5) is 0. The third-order valence-corrected chi connectivity index (χ3v) is 1.63. The molecule has 1 nitrogen and oxygen atoms in total. The Hall–Kier alpha value is -0.470. The monoisotopic (exact) mass is 194 g/mol. The van der Waals surface area contributed by atoms with Gasteiger partial charge in [0, 0.05) is 5.02 Å².